The Morgan fingerprint density at radius 2 is 1.51 bits per heavy atom. The molecule has 1 saturated carbocycles. The van der Waals surface area contributed by atoms with Gasteiger partial charge in [0.2, 0.25) is 15.2 Å². The smallest absolute Gasteiger partial charge is 0.214 e. The lowest BCUT2D eigenvalue weighted by Gasteiger charge is -2.35. The summed E-state index contributed by atoms with van der Waals surface area (Å²) >= 11 is 1.39. The van der Waals surface area contributed by atoms with Crippen LogP contribution in [-0.4, -0.2) is 59.8 Å². The second kappa shape index (κ2) is 13.3. The lowest BCUT2D eigenvalue weighted by atomic mass is 9.68. The highest BCUT2D eigenvalue weighted by atomic mass is 32.2. The summed E-state index contributed by atoms with van der Waals surface area (Å²) in [4.78, 5) is 19.2. The van der Waals surface area contributed by atoms with Crippen molar-refractivity contribution in [3.05, 3.63) is 41.7 Å². The van der Waals surface area contributed by atoms with Gasteiger partial charge in [0, 0.05) is 50.6 Å². The van der Waals surface area contributed by atoms with E-state index in [-0.39, 0.29) is 11.2 Å². The number of piperazine rings is 1. The Balaban J connectivity index is 1.30. The van der Waals surface area contributed by atoms with E-state index in [1.807, 2.05) is 18.2 Å². The van der Waals surface area contributed by atoms with E-state index in [9.17, 15) is 13.2 Å². The largest absolute Gasteiger partial charge is 0.344 e. The maximum absolute atomic E-state index is 12.9. The van der Waals surface area contributed by atoms with Crippen LogP contribution in [0.2, 0.25) is 0 Å². The first kappa shape index (κ1) is 28.2. The number of ketones is 1. The summed E-state index contributed by atoms with van der Waals surface area (Å²) in [5, 5.41) is 0.849. The summed E-state index contributed by atoms with van der Waals surface area (Å²) < 4.78 is 32.2. The van der Waals surface area contributed by atoms with Crippen molar-refractivity contribution in [2.45, 2.75) is 89.4 Å². The van der Waals surface area contributed by atoms with Gasteiger partial charge in [-0.15, -0.1) is 0 Å². The van der Waals surface area contributed by atoms with E-state index >= 15 is 0 Å². The molecule has 1 aromatic carbocycles. The number of carbonyl (C=O) groups is 1. The lowest BCUT2D eigenvalue weighted by molar-refractivity contribution is -0.121. The molecule has 0 N–H and O–H groups in total. The fourth-order valence-electron chi connectivity index (χ4n) is 5.60. The molecule has 0 amide bonds. The highest BCUT2D eigenvalue weighted by Gasteiger charge is 2.41. The number of unbranched alkanes of at least 4 members (excludes halogenated alkanes) is 7. The average molecular weight is 547 g/mol. The van der Waals surface area contributed by atoms with E-state index in [2.05, 4.69) is 24.0 Å². The number of rotatable bonds is 13. The van der Waals surface area contributed by atoms with Crippen molar-refractivity contribution in [2.75, 3.05) is 36.8 Å². The second-order valence-corrected chi connectivity index (χ2v) is 13.4. The summed E-state index contributed by atoms with van der Waals surface area (Å²) in [7, 11) is -3.21. The zero-order valence-corrected chi connectivity index (χ0v) is 23.9. The third-order valence-electron chi connectivity index (χ3n) is 7.99. The van der Waals surface area contributed by atoms with Crippen LogP contribution >= 0.6 is 11.5 Å². The van der Waals surface area contributed by atoms with Gasteiger partial charge >= 0.3 is 0 Å². The molecule has 1 aromatic heterocycles. The summed E-state index contributed by atoms with van der Waals surface area (Å²) in [5.41, 5.74) is 0.842. The molecule has 0 radical (unpaired) electrons. The molecule has 4 rings (SSSR count). The predicted molar refractivity (Wildman–Crippen MR) is 151 cm³/mol. The Morgan fingerprint density at radius 1 is 0.892 bits per heavy atom. The molecular formula is C28H42N4O3S2. The summed E-state index contributed by atoms with van der Waals surface area (Å²) in [5.74, 6) is 1.37. The van der Waals surface area contributed by atoms with Crippen molar-refractivity contribution in [3.63, 3.8) is 0 Å². The molecule has 2 heterocycles. The van der Waals surface area contributed by atoms with Crippen LogP contribution < -0.4 is 4.90 Å². The summed E-state index contributed by atoms with van der Waals surface area (Å²) in [6.07, 6.45) is 11.8. The van der Waals surface area contributed by atoms with Crippen LogP contribution in [0.5, 0.6) is 0 Å². The van der Waals surface area contributed by atoms with Crippen molar-refractivity contribution in [2.24, 2.45) is 0 Å². The van der Waals surface area contributed by atoms with Crippen LogP contribution in [0.25, 0.3) is 0 Å². The SMILES string of the molecule is CCCCCCCCCCS(=O)(=O)N1CCN(c2nc(C3(c4ccccc4)CCC(=O)CC3)ns2)CC1. The van der Waals surface area contributed by atoms with E-state index in [0.29, 0.717) is 44.8 Å². The first-order valence-electron chi connectivity index (χ1n) is 14.1. The summed E-state index contributed by atoms with van der Waals surface area (Å²) in [6, 6.07) is 10.3. The van der Waals surface area contributed by atoms with Crippen molar-refractivity contribution in [1.82, 2.24) is 13.7 Å². The number of sulfonamides is 1. The monoisotopic (exact) mass is 546 g/mol. The van der Waals surface area contributed by atoms with Crippen molar-refractivity contribution in [3.8, 4) is 0 Å². The third kappa shape index (κ3) is 7.18. The average Bonchev–Trinajstić information content (AvgIpc) is 3.42. The van der Waals surface area contributed by atoms with Crippen LogP contribution in [0, 0.1) is 0 Å². The van der Waals surface area contributed by atoms with Crippen LogP contribution in [0.15, 0.2) is 30.3 Å². The van der Waals surface area contributed by atoms with Gasteiger partial charge < -0.3 is 4.90 Å². The molecule has 0 atom stereocenters. The van der Waals surface area contributed by atoms with E-state index in [0.717, 1.165) is 43.1 Å². The maximum Gasteiger partial charge on any atom is 0.214 e. The molecule has 0 spiro atoms. The third-order valence-corrected chi connectivity index (χ3v) is 10.7. The van der Waals surface area contributed by atoms with Crippen LogP contribution in [-0.2, 0) is 20.2 Å². The Bertz CT molecular complexity index is 1090. The Morgan fingerprint density at radius 3 is 2.16 bits per heavy atom. The molecule has 7 nitrogen and oxygen atoms in total. The van der Waals surface area contributed by atoms with E-state index < -0.39 is 10.0 Å². The quantitative estimate of drug-likeness (QED) is 0.306. The molecule has 1 saturated heterocycles. The molecule has 37 heavy (non-hydrogen) atoms. The minimum absolute atomic E-state index is 0.253. The Labute approximate surface area is 226 Å². The van der Waals surface area contributed by atoms with Crippen LogP contribution in [0.3, 0.4) is 0 Å². The van der Waals surface area contributed by atoms with Gasteiger partial charge in [-0.1, -0.05) is 82.2 Å². The number of hydrogen-bond donors (Lipinski definition) is 0. The molecule has 2 aliphatic rings. The van der Waals surface area contributed by atoms with E-state index in [1.165, 1.54) is 49.2 Å². The van der Waals surface area contributed by atoms with E-state index in [4.69, 9.17) is 9.36 Å². The van der Waals surface area contributed by atoms with Crippen molar-refractivity contribution in [1.29, 1.82) is 0 Å². The van der Waals surface area contributed by atoms with Crippen molar-refractivity contribution < 1.29 is 13.2 Å². The number of anilines is 1. The minimum atomic E-state index is -3.21. The molecule has 0 bridgehead atoms. The molecule has 0 unspecified atom stereocenters. The fourth-order valence-corrected chi connectivity index (χ4v) is 7.95. The molecule has 2 aromatic rings. The van der Waals surface area contributed by atoms with Gasteiger partial charge in [-0.05, 0) is 24.8 Å². The minimum Gasteiger partial charge on any atom is -0.344 e. The zero-order chi connectivity index (χ0) is 26.1. The lowest BCUT2D eigenvalue weighted by Crippen LogP contribution is -2.49. The molecule has 1 aliphatic heterocycles. The fraction of sp³-hybridized carbons (Fsp3) is 0.679. The molecule has 204 valence electrons. The number of benzene rings is 1. The van der Waals surface area contributed by atoms with Gasteiger partial charge in [-0.3, -0.25) is 4.79 Å². The number of nitrogens with zero attached hydrogens (tertiary/aromatic N) is 4. The first-order chi connectivity index (χ1) is 17.9. The van der Waals surface area contributed by atoms with Gasteiger partial charge in [-0.2, -0.15) is 8.68 Å². The molecule has 2 fully saturated rings. The molecular weight excluding hydrogens is 504 g/mol. The Hall–Kier alpha value is -1.84. The van der Waals surface area contributed by atoms with Gasteiger partial charge in [0.15, 0.2) is 5.82 Å². The van der Waals surface area contributed by atoms with Gasteiger partial charge in [-0.25, -0.2) is 13.4 Å². The predicted octanol–water partition coefficient (Wildman–Crippen LogP) is 5.56. The Kier molecular flexibility index (Phi) is 10.1. The van der Waals surface area contributed by atoms with E-state index in [1.54, 1.807) is 4.31 Å². The second-order valence-electron chi connectivity index (χ2n) is 10.6. The van der Waals surface area contributed by atoms with Crippen LogP contribution in [0.1, 0.15) is 95.4 Å². The van der Waals surface area contributed by atoms with Gasteiger partial charge in [0.05, 0.1) is 11.2 Å². The highest BCUT2D eigenvalue weighted by Crippen LogP contribution is 2.43. The number of carbonyl (C=O) groups excluding carboxylic acids is 1. The highest BCUT2D eigenvalue weighted by molar-refractivity contribution is 7.89. The molecule has 9 heteroatoms. The first-order valence-corrected chi connectivity index (χ1v) is 16.5. The number of Topliss-reactive ketones (excluding diaryl/α,β-unsaturated/α-hetero) is 1. The maximum atomic E-state index is 12.9. The number of aromatic nitrogens is 2. The van der Waals surface area contributed by atoms with Gasteiger partial charge in [0.1, 0.15) is 5.78 Å². The number of hydrogen-bond acceptors (Lipinski definition) is 7. The topological polar surface area (TPSA) is 83.5 Å². The molecule has 1 aliphatic carbocycles. The standard InChI is InChI=1S/C28H42N4O3S2/c1-2-3-4-5-6-7-8-12-23-37(34,35)32-21-19-31(20-22-32)27-29-26(30-36-27)28(17-15-25(33)16-18-28)24-13-10-9-11-14-24/h9-11,13-14H,2-8,12,15-23H2,1H3. The normalized spacial score (nSPS) is 18.8. The summed E-state index contributed by atoms with van der Waals surface area (Å²) in [6.45, 7) is 4.46. The van der Waals surface area contributed by atoms with Crippen LogP contribution in [0.4, 0.5) is 5.13 Å². The van der Waals surface area contributed by atoms with Gasteiger partial charge in [0.25, 0.3) is 0 Å². The van der Waals surface area contributed by atoms with Crippen molar-refractivity contribution >= 4 is 32.5 Å². The zero-order valence-electron chi connectivity index (χ0n) is 22.2.